The molecule has 0 fully saturated rings. The second-order valence-corrected chi connectivity index (χ2v) is 8.14. The van der Waals surface area contributed by atoms with E-state index in [2.05, 4.69) is 23.6 Å². The minimum absolute atomic E-state index is 0.00219. The van der Waals surface area contributed by atoms with E-state index in [0.717, 1.165) is 28.2 Å². The van der Waals surface area contributed by atoms with Crippen molar-refractivity contribution in [2.45, 2.75) is 39.0 Å². The molecule has 0 N–H and O–H groups in total. The van der Waals surface area contributed by atoms with Crippen LogP contribution in [0.25, 0.3) is 11.3 Å². The van der Waals surface area contributed by atoms with Gasteiger partial charge in [0.2, 0.25) is 0 Å². The monoisotopic (exact) mass is 394 g/mol. The molecule has 0 radical (unpaired) electrons. The van der Waals surface area contributed by atoms with Crippen LogP contribution >= 0.6 is 11.3 Å². The number of thiazole rings is 1. The number of ether oxygens (including phenoxy) is 1. The summed E-state index contributed by atoms with van der Waals surface area (Å²) >= 11 is 1.62. The van der Waals surface area contributed by atoms with Crippen LogP contribution in [0.2, 0.25) is 0 Å². The predicted molar refractivity (Wildman–Crippen MR) is 111 cm³/mol. The third-order valence-electron chi connectivity index (χ3n) is 5.37. The van der Waals surface area contributed by atoms with Gasteiger partial charge in [0, 0.05) is 23.4 Å². The molecule has 0 spiro atoms. The topological polar surface area (TPSA) is 65.3 Å². The van der Waals surface area contributed by atoms with Crippen LogP contribution in [-0.2, 0) is 19.3 Å². The molecule has 1 aliphatic rings. The van der Waals surface area contributed by atoms with Gasteiger partial charge < -0.3 is 4.74 Å². The average Bonchev–Trinajstić information content (AvgIpc) is 3.17. The highest BCUT2D eigenvalue weighted by Gasteiger charge is 2.18. The highest BCUT2D eigenvalue weighted by atomic mass is 32.1. The van der Waals surface area contributed by atoms with Gasteiger partial charge in [-0.1, -0.05) is 12.1 Å². The molecular weight excluding hydrogens is 372 g/mol. The van der Waals surface area contributed by atoms with Crippen molar-refractivity contribution < 1.29 is 9.66 Å². The van der Waals surface area contributed by atoms with E-state index in [1.54, 1.807) is 23.5 Å². The molecule has 0 saturated heterocycles. The minimum Gasteiger partial charge on any atom is -0.490 e. The molecular formula is C22H22N2O3S. The lowest BCUT2D eigenvalue weighted by Gasteiger charge is -2.16. The summed E-state index contributed by atoms with van der Waals surface area (Å²) in [6, 6.07) is 10.0. The second-order valence-electron chi connectivity index (χ2n) is 7.20. The molecule has 0 aliphatic heterocycles. The van der Waals surface area contributed by atoms with Gasteiger partial charge in [-0.25, -0.2) is 4.98 Å². The summed E-state index contributed by atoms with van der Waals surface area (Å²) < 4.78 is 5.21. The zero-order chi connectivity index (χ0) is 19.7. The van der Waals surface area contributed by atoms with Gasteiger partial charge >= 0.3 is 5.69 Å². The fourth-order valence-electron chi connectivity index (χ4n) is 3.79. The summed E-state index contributed by atoms with van der Waals surface area (Å²) in [5.41, 5.74) is 6.96. The SMILES string of the molecule is COc1cc(Cc2nc(-c3ccc4c(c3)CCCC4)cs2)c(C)cc1[N+](=O)[O-]. The fourth-order valence-corrected chi connectivity index (χ4v) is 4.62. The zero-order valence-electron chi connectivity index (χ0n) is 16.0. The summed E-state index contributed by atoms with van der Waals surface area (Å²) in [6.07, 6.45) is 5.52. The van der Waals surface area contributed by atoms with E-state index in [9.17, 15) is 10.1 Å². The van der Waals surface area contributed by atoms with Crippen LogP contribution in [-0.4, -0.2) is 17.0 Å². The number of hydrogen-bond donors (Lipinski definition) is 0. The van der Waals surface area contributed by atoms with Crippen LogP contribution < -0.4 is 4.74 Å². The molecule has 4 rings (SSSR count). The summed E-state index contributed by atoms with van der Waals surface area (Å²) in [7, 11) is 1.46. The number of rotatable bonds is 5. The van der Waals surface area contributed by atoms with Gasteiger partial charge in [-0.15, -0.1) is 11.3 Å². The summed E-state index contributed by atoms with van der Waals surface area (Å²) in [6.45, 7) is 1.89. The van der Waals surface area contributed by atoms with E-state index in [0.29, 0.717) is 6.42 Å². The van der Waals surface area contributed by atoms with Crippen LogP contribution in [0.3, 0.4) is 0 Å². The maximum absolute atomic E-state index is 11.2. The standard InChI is InChI=1S/C22H22N2O3S/c1-14-9-20(24(25)26)21(27-2)11-18(14)12-22-23-19(13-28-22)17-8-7-15-5-3-4-6-16(15)10-17/h7-11,13H,3-6,12H2,1-2H3. The van der Waals surface area contributed by atoms with Gasteiger partial charge in [-0.3, -0.25) is 10.1 Å². The number of aromatic nitrogens is 1. The number of aryl methyl sites for hydroxylation is 3. The van der Waals surface area contributed by atoms with E-state index in [4.69, 9.17) is 9.72 Å². The van der Waals surface area contributed by atoms with Crippen molar-refractivity contribution in [2.75, 3.05) is 7.11 Å². The number of nitro benzene ring substituents is 1. The Morgan fingerprint density at radius 2 is 1.96 bits per heavy atom. The number of fused-ring (bicyclic) bond motifs is 1. The first kappa shape index (κ1) is 18.6. The maximum atomic E-state index is 11.2. The Kier molecular flexibility index (Phi) is 5.13. The van der Waals surface area contributed by atoms with Crippen LogP contribution in [0.15, 0.2) is 35.7 Å². The molecule has 28 heavy (non-hydrogen) atoms. The molecule has 0 atom stereocenters. The average molecular weight is 394 g/mol. The van der Waals surface area contributed by atoms with Crippen molar-refractivity contribution in [1.29, 1.82) is 0 Å². The first-order valence-corrected chi connectivity index (χ1v) is 10.3. The van der Waals surface area contributed by atoms with E-state index in [1.807, 2.05) is 6.92 Å². The zero-order valence-corrected chi connectivity index (χ0v) is 16.8. The van der Waals surface area contributed by atoms with Gasteiger partial charge in [0.1, 0.15) is 0 Å². The number of benzene rings is 2. The molecule has 6 heteroatoms. The molecule has 0 bridgehead atoms. The van der Waals surface area contributed by atoms with Crippen molar-refractivity contribution in [3.8, 4) is 17.0 Å². The molecule has 5 nitrogen and oxygen atoms in total. The normalized spacial score (nSPS) is 13.2. The molecule has 144 valence electrons. The first-order valence-electron chi connectivity index (χ1n) is 9.43. The van der Waals surface area contributed by atoms with Gasteiger partial charge in [0.15, 0.2) is 5.75 Å². The smallest absolute Gasteiger partial charge is 0.311 e. The van der Waals surface area contributed by atoms with Crippen LogP contribution in [0, 0.1) is 17.0 Å². The summed E-state index contributed by atoms with van der Waals surface area (Å²) in [4.78, 5) is 15.6. The van der Waals surface area contributed by atoms with E-state index in [1.165, 1.54) is 43.1 Å². The molecule has 1 aliphatic carbocycles. The van der Waals surface area contributed by atoms with Crippen molar-refractivity contribution in [3.63, 3.8) is 0 Å². The molecule has 0 saturated carbocycles. The third-order valence-corrected chi connectivity index (χ3v) is 6.22. The minimum atomic E-state index is -0.410. The van der Waals surface area contributed by atoms with E-state index in [-0.39, 0.29) is 11.4 Å². The Balaban J connectivity index is 1.60. The third kappa shape index (κ3) is 3.64. The molecule has 3 aromatic rings. The van der Waals surface area contributed by atoms with Crippen LogP contribution in [0.5, 0.6) is 5.75 Å². The number of nitro groups is 1. The highest BCUT2D eigenvalue weighted by molar-refractivity contribution is 7.10. The number of nitrogens with zero attached hydrogens (tertiary/aromatic N) is 2. The van der Waals surface area contributed by atoms with E-state index >= 15 is 0 Å². The molecule has 0 unspecified atom stereocenters. The molecule has 2 aromatic carbocycles. The Bertz CT molecular complexity index is 1040. The largest absolute Gasteiger partial charge is 0.490 e. The van der Waals surface area contributed by atoms with Crippen LogP contribution in [0.4, 0.5) is 5.69 Å². The van der Waals surface area contributed by atoms with Gasteiger partial charge in [0.05, 0.1) is 22.7 Å². The molecule has 1 aromatic heterocycles. The van der Waals surface area contributed by atoms with Gasteiger partial charge in [-0.2, -0.15) is 0 Å². The highest BCUT2D eigenvalue weighted by Crippen LogP contribution is 2.33. The quantitative estimate of drug-likeness (QED) is 0.423. The van der Waals surface area contributed by atoms with E-state index < -0.39 is 4.92 Å². The Morgan fingerprint density at radius 3 is 2.71 bits per heavy atom. The second kappa shape index (κ2) is 7.72. The van der Waals surface area contributed by atoms with Crippen molar-refractivity contribution in [2.24, 2.45) is 0 Å². The Morgan fingerprint density at radius 1 is 1.18 bits per heavy atom. The van der Waals surface area contributed by atoms with Crippen molar-refractivity contribution in [1.82, 2.24) is 4.98 Å². The van der Waals surface area contributed by atoms with Crippen molar-refractivity contribution in [3.05, 3.63) is 73.1 Å². The van der Waals surface area contributed by atoms with Gasteiger partial charge in [-0.05, 0) is 67.0 Å². The summed E-state index contributed by atoms with van der Waals surface area (Å²) in [5.74, 6) is 0.289. The predicted octanol–water partition coefficient (Wildman–Crippen LogP) is 5.50. The number of hydrogen-bond acceptors (Lipinski definition) is 5. The Labute approximate surface area is 168 Å². The summed E-state index contributed by atoms with van der Waals surface area (Å²) in [5, 5.41) is 14.3. The van der Waals surface area contributed by atoms with Gasteiger partial charge in [0.25, 0.3) is 0 Å². The molecule has 0 amide bonds. The number of methoxy groups -OCH3 is 1. The Hall–Kier alpha value is -2.73. The van der Waals surface area contributed by atoms with Crippen LogP contribution in [0.1, 0.15) is 40.1 Å². The lowest BCUT2D eigenvalue weighted by molar-refractivity contribution is -0.385. The fraction of sp³-hybridized carbons (Fsp3) is 0.318. The first-order chi connectivity index (χ1) is 13.5. The molecule has 1 heterocycles. The maximum Gasteiger partial charge on any atom is 0.311 e. The lowest BCUT2D eigenvalue weighted by Crippen LogP contribution is -2.02. The lowest BCUT2D eigenvalue weighted by atomic mass is 9.90. The van der Waals surface area contributed by atoms with Crippen molar-refractivity contribution >= 4 is 17.0 Å².